The van der Waals surface area contributed by atoms with Crippen molar-refractivity contribution >= 4 is 11.6 Å². The van der Waals surface area contributed by atoms with Crippen LogP contribution in [-0.4, -0.2) is 22.6 Å². The Morgan fingerprint density at radius 3 is 2.86 bits per heavy atom. The van der Waals surface area contributed by atoms with Gasteiger partial charge in [0.25, 0.3) is 0 Å². The van der Waals surface area contributed by atoms with Crippen LogP contribution in [0.25, 0.3) is 0 Å². The summed E-state index contributed by atoms with van der Waals surface area (Å²) in [7, 11) is 0. The number of benzene rings is 1. The van der Waals surface area contributed by atoms with E-state index in [1.807, 2.05) is 6.20 Å². The van der Waals surface area contributed by atoms with Gasteiger partial charge < -0.3 is 10.2 Å². The van der Waals surface area contributed by atoms with Crippen molar-refractivity contribution in [2.45, 2.75) is 39.8 Å². The predicted molar refractivity (Wildman–Crippen MR) is 85.9 cm³/mol. The summed E-state index contributed by atoms with van der Waals surface area (Å²) in [6.45, 7) is 8.13. The highest BCUT2D eigenvalue weighted by molar-refractivity contribution is 5.65. The fourth-order valence-electron chi connectivity index (χ4n) is 2.64. The molecule has 0 radical (unpaired) electrons. The van der Waals surface area contributed by atoms with E-state index in [9.17, 15) is 0 Å². The van der Waals surface area contributed by atoms with Crippen LogP contribution in [0.1, 0.15) is 30.7 Å². The van der Waals surface area contributed by atoms with E-state index in [1.165, 1.54) is 16.8 Å². The second kappa shape index (κ2) is 5.82. The molecule has 1 aromatic heterocycles. The molecule has 110 valence electrons. The zero-order valence-electron chi connectivity index (χ0n) is 12.9. The van der Waals surface area contributed by atoms with Crippen LogP contribution < -0.4 is 10.2 Å². The van der Waals surface area contributed by atoms with Gasteiger partial charge in [-0.3, -0.25) is 0 Å². The number of aromatic nitrogens is 2. The lowest BCUT2D eigenvalue weighted by molar-refractivity contribution is 0.585. The van der Waals surface area contributed by atoms with E-state index in [0.717, 1.165) is 31.2 Å². The molecular formula is C17H22N4. The van der Waals surface area contributed by atoms with Crippen LogP contribution in [0.3, 0.4) is 0 Å². The highest BCUT2D eigenvalue weighted by Crippen LogP contribution is 2.32. The summed E-state index contributed by atoms with van der Waals surface area (Å²) in [6.07, 6.45) is 3.02. The van der Waals surface area contributed by atoms with E-state index in [1.54, 1.807) is 0 Å². The van der Waals surface area contributed by atoms with Gasteiger partial charge in [0.15, 0.2) is 0 Å². The van der Waals surface area contributed by atoms with E-state index < -0.39 is 0 Å². The van der Waals surface area contributed by atoms with E-state index in [4.69, 9.17) is 4.98 Å². The highest BCUT2D eigenvalue weighted by Gasteiger charge is 2.22. The van der Waals surface area contributed by atoms with Gasteiger partial charge >= 0.3 is 0 Å². The number of nitrogens with one attached hydrogen (secondary N) is 1. The molecule has 1 aromatic carbocycles. The Morgan fingerprint density at radius 2 is 2.10 bits per heavy atom. The Bertz CT molecular complexity index is 636. The third-order valence-corrected chi connectivity index (χ3v) is 3.90. The van der Waals surface area contributed by atoms with Crippen molar-refractivity contribution in [1.82, 2.24) is 15.3 Å². The molecule has 0 saturated heterocycles. The molecule has 1 aliphatic heterocycles. The van der Waals surface area contributed by atoms with Crippen molar-refractivity contribution in [2.75, 3.05) is 11.4 Å². The topological polar surface area (TPSA) is 41.1 Å². The van der Waals surface area contributed by atoms with Crippen LogP contribution in [0, 0.1) is 6.92 Å². The number of anilines is 2. The standard InChI is InChI=1S/C17H22N4/c1-12(2)18-10-15-11-19-17(20-13(15)3)21-9-8-14-6-4-5-7-16(14)21/h4-7,11-12,18H,8-10H2,1-3H3. The SMILES string of the molecule is Cc1nc(N2CCc3ccccc32)ncc1CNC(C)C. The second-order valence-corrected chi connectivity index (χ2v) is 5.85. The summed E-state index contributed by atoms with van der Waals surface area (Å²) in [6, 6.07) is 8.97. The summed E-state index contributed by atoms with van der Waals surface area (Å²) < 4.78 is 0. The smallest absolute Gasteiger partial charge is 0.230 e. The van der Waals surface area contributed by atoms with Gasteiger partial charge in [-0.25, -0.2) is 9.97 Å². The normalized spacial score (nSPS) is 13.8. The molecule has 0 atom stereocenters. The van der Waals surface area contributed by atoms with Gasteiger partial charge in [0.2, 0.25) is 5.95 Å². The largest absolute Gasteiger partial charge is 0.310 e. The average Bonchev–Trinajstić information content (AvgIpc) is 2.89. The number of fused-ring (bicyclic) bond motifs is 1. The molecule has 2 aromatic rings. The lowest BCUT2D eigenvalue weighted by atomic mass is 10.2. The monoisotopic (exact) mass is 282 g/mol. The van der Waals surface area contributed by atoms with Crippen LogP contribution >= 0.6 is 0 Å². The molecule has 1 N–H and O–H groups in total. The molecule has 4 nitrogen and oxygen atoms in total. The summed E-state index contributed by atoms with van der Waals surface area (Å²) in [4.78, 5) is 11.5. The molecular weight excluding hydrogens is 260 g/mol. The van der Waals surface area contributed by atoms with Crippen molar-refractivity contribution < 1.29 is 0 Å². The molecule has 0 bridgehead atoms. The van der Waals surface area contributed by atoms with Gasteiger partial charge in [-0.1, -0.05) is 32.0 Å². The van der Waals surface area contributed by atoms with Crippen molar-refractivity contribution in [3.63, 3.8) is 0 Å². The number of para-hydroxylation sites is 1. The minimum absolute atomic E-state index is 0.467. The van der Waals surface area contributed by atoms with E-state index in [-0.39, 0.29) is 0 Å². The summed E-state index contributed by atoms with van der Waals surface area (Å²) in [5, 5.41) is 3.41. The van der Waals surface area contributed by atoms with Crippen LogP contribution in [0.5, 0.6) is 0 Å². The maximum absolute atomic E-state index is 4.71. The number of hydrogen-bond acceptors (Lipinski definition) is 4. The number of rotatable bonds is 4. The molecule has 0 spiro atoms. The van der Waals surface area contributed by atoms with Gasteiger partial charge in [0.05, 0.1) is 0 Å². The predicted octanol–water partition coefficient (Wildman–Crippen LogP) is 2.98. The van der Waals surface area contributed by atoms with Crippen LogP contribution in [-0.2, 0) is 13.0 Å². The Balaban J connectivity index is 1.83. The Morgan fingerprint density at radius 1 is 1.29 bits per heavy atom. The zero-order chi connectivity index (χ0) is 14.8. The van der Waals surface area contributed by atoms with Crippen molar-refractivity contribution in [1.29, 1.82) is 0 Å². The third-order valence-electron chi connectivity index (χ3n) is 3.90. The van der Waals surface area contributed by atoms with Gasteiger partial charge in [-0.15, -0.1) is 0 Å². The number of hydrogen-bond donors (Lipinski definition) is 1. The molecule has 0 amide bonds. The van der Waals surface area contributed by atoms with Crippen molar-refractivity contribution in [2.24, 2.45) is 0 Å². The number of nitrogens with zero attached hydrogens (tertiary/aromatic N) is 3. The van der Waals surface area contributed by atoms with Gasteiger partial charge in [-0.2, -0.15) is 0 Å². The van der Waals surface area contributed by atoms with E-state index in [2.05, 4.69) is 60.2 Å². The van der Waals surface area contributed by atoms with Gasteiger partial charge in [0, 0.05) is 42.3 Å². The van der Waals surface area contributed by atoms with Gasteiger partial charge in [-0.05, 0) is 25.0 Å². The molecule has 4 heteroatoms. The first-order valence-corrected chi connectivity index (χ1v) is 7.56. The lowest BCUT2D eigenvalue weighted by Gasteiger charge is -2.18. The van der Waals surface area contributed by atoms with E-state index >= 15 is 0 Å². The molecule has 3 rings (SSSR count). The first-order valence-electron chi connectivity index (χ1n) is 7.56. The zero-order valence-corrected chi connectivity index (χ0v) is 12.9. The van der Waals surface area contributed by atoms with Gasteiger partial charge in [0.1, 0.15) is 0 Å². The highest BCUT2D eigenvalue weighted by atomic mass is 15.3. The van der Waals surface area contributed by atoms with Crippen LogP contribution in [0.4, 0.5) is 11.6 Å². The summed E-state index contributed by atoms with van der Waals surface area (Å²) in [5.41, 5.74) is 4.84. The third kappa shape index (κ3) is 2.90. The molecule has 0 unspecified atom stereocenters. The fourth-order valence-corrected chi connectivity index (χ4v) is 2.64. The Labute approximate surface area is 126 Å². The van der Waals surface area contributed by atoms with Crippen LogP contribution in [0.2, 0.25) is 0 Å². The number of aryl methyl sites for hydroxylation is 1. The second-order valence-electron chi connectivity index (χ2n) is 5.85. The minimum atomic E-state index is 0.467. The van der Waals surface area contributed by atoms with Crippen molar-refractivity contribution in [3.05, 3.63) is 47.3 Å². The maximum atomic E-state index is 4.71. The maximum Gasteiger partial charge on any atom is 0.230 e. The first kappa shape index (κ1) is 14.0. The fraction of sp³-hybridized carbons (Fsp3) is 0.412. The first-order chi connectivity index (χ1) is 10.1. The van der Waals surface area contributed by atoms with E-state index in [0.29, 0.717) is 6.04 Å². The minimum Gasteiger partial charge on any atom is -0.310 e. The molecule has 2 heterocycles. The lowest BCUT2D eigenvalue weighted by Crippen LogP contribution is -2.23. The quantitative estimate of drug-likeness (QED) is 0.936. The van der Waals surface area contributed by atoms with Crippen molar-refractivity contribution in [3.8, 4) is 0 Å². The molecule has 21 heavy (non-hydrogen) atoms. The summed E-state index contributed by atoms with van der Waals surface area (Å²) in [5.74, 6) is 0.811. The van der Waals surface area contributed by atoms with Crippen LogP contribution in [0.15, 0.2) is 30.5 Å². The molecule has 0 aliphatic carbocycles. The summed E-state index contributed by atoms with van der Waals surface area (Å²) >= 11 is 0. The Hall–Kier alpha value is -1.94. The molecule has 0 saturated carbocycles. The molecule has 1 aliphatic rings. The average molecular weight is 282 g/mol. The molecule has 0 fully saturated rings. The Kier molecular flexibility index (Phi) is 3.88.